The molecule has 0 bridgehead atoms. The molecule has 0 atom stereocenters. The van der Waals surface area contributed by atoms with Crippen LogP contribution in [0.1, 0.15) is 27.9 Å². The number of aryl methyl sites for hydroxylation is 1. The minimum atomic E-state index is -0.365. The van der Waals surface area contributed by atoms with E-state index in [1.165, 1.54) is 6.07 Å². The van der Waals surface area contributed by atoms with Crippen LogP contribution in [0.4, 0.5) is 4.39 Å². The van der Waals surface area contributed by atoms with E-state index in [1.54, 1.807) is 36.4 Å². The van der Waals surface area contributed by atoms with Gasteiger partial charge >= 0.3 is 5.97 Å². The van der Waals surface area contributed by atoms with Crippen LogP contribution in [0, 0.1) is 5.82 Å². The molecule has 0 aliphatic heterocycles. The molecular weight excluding hydrogens is 343 g/mol. The number of ether oxygens (including phenoxy) is 2. The highest BCUT2D eigenvalue weighted by molar-refractivity contribution is 5.89. The van der Waals surface area contributed by atoms with Gasteiger partial charge in [-0.05, 0) is 54.3 Å². The second-order valence-electron chi connectivity index (χ2n) is 6.13. The highest BCUT2D eigenvalue weighted by Crippen LogP contribution is 2.19. The predicted molar refractivity (Wildman–Crippen MR) is 102 cm³/mol. The second kappa shape index (κ2) is 9.53. The number of hydrogen-bond donors (Lipinski definition) is 0. The van der Waals surface area contributed by atoms with Crippen LogP contribution in [0.5, 0.6) is 5.75 Å². The van der Waals surface area contributed by atoms with Gasteiger partial charge in [-0.3, -0.25) is 0 Å². The lowest BCUT2D eigenvalue weighted by molar-refractivity contribution is 0.0500. The first-order valence-corrected chi connectivity index (χ1v) is 8.90. The monoisotopic (exact) mass is 364 g/mol. The average Bonchev–Trinajstić information content (AvgIpc) is 2.72. The van der Waals surface area contributed by atoms with Crippen LogP contribution < -0.4 is 4.74 Å². The summed E-state index contributed by atoms with van der Waals surface area (Å²) in [5.74, 6) is -0.0241. The Kier molecular flexibility index (Phi) is 6.58. The van der Waals surface area contributed by atoms with E-state index in [1.807, 2.05) is 36.4 Å². The molecule has 4 heteroatoms. The lowest BCUT2D eigenvalue weighted by Crippen LogP contribution is -2.07. The molecule has 0 fully saturated rings. The molecule has 0 radical (unpaired) electrons. The lowest BCUT2D eigenvalue weighted by Gasteiger charge is -2.10. The number of carbonyl (C=O) groups excluding carboxylic acids is 1. The van der Waals surface area contributed by atoms with Gasteiger partial charge in [0.05, 0.1) is 12.2 Å². The number of rotatable bonds is 8. The minimum Gasteiger partial charge on any atom is -0.489 e. The zero-order chi connectivity index (χ0) is 18.9. The highest BCUT2D eigenvalue weighted by Gasteiger charge is 2.08. The molecule has 27 heavy (non-hydrogen) atoms. The SMILES string of the molecule is O=C(OCCCc1cc(OCc2ccccc2)ccc1F)c1ccccc1. The van der Waals surface area contributed by atoms with Crippen LogP contribution in [0.3, 0.4) is 0 Å². The molecule has 0 saturated heterocycles. The first-order valence-electron chi connectivity index (χ1n) is 8.90. The highest BCUT2D eigenvalue weighted by atomic mass is 19.1. The van der Waals surface area contributed by atoms with Gasteiger partial charge in [0, 0.05) is 0 Å². The topological polar surface area (TPSA) is 35.5 Å². The Hall–Kier alpha value is -3.14. The molecule has 138 valence electrons. The third-order valence-electron chi connectivity index (χ3n) is 4.10. The van der Waals surface area contributed by atoms with Crippen molar-refractivity contribution in [3.05, 3.63) is 101 Å². The molecule has 0 unspecified atom stereocenters. The van der Waals surface area contributed by atoms with Gasteiger partial charge < -0.3 is 9.47 Å². The van der Waals surface area contributed by atoms with Crippen molar-refractivity contribution in [3.8, 4) is 5.75 Å². The van der Waals surface area contributed by atoms with Crippen molar-refractivity contribution in [1.29, 1.82) is 0 Å². The second-order valence-corrected chi connectivity index (χ2v) is 6.13. The maximum absolute atomic E-state index is 14.0. The normalized spacial score (nSPS) is 10.4. The van der Waals surface area contributed by atoms with Crippen LogP contribution in [-0.2, 0) is 17.8 Å². The smallest absolute Gasteiger partial charge is 0.338 e. The first-order chi connectivity index (χ1) is 13.2. The number of halogens is 1. The van der Waals surface area contributed by atoms with Gasteiger partial charge in [0.1, 0.15) is 18.2 Å². The number of esters is 1. The average molecular weight is 364 g/mol. The van der Waals surface area contributed by atoms with Crippen molar-refractivity contribution in [1.82, 2.24) is 0 Å². The largest absolute Gasteiger partial charge is 0.489 e. The van der Waals surface area contributed by atoms with Gasteiger partial charge in [-0.2, -0.15) is 0 Å². The van der Waals surface area contributed by atoms with Gasteiger partial charge in [0.25, 0.3) is 0 Å². The van der Waals surface area contributed by atoms with Crippen molar-refractivity contribution >= 4 is 5.97 Å². The molecule has 0 heterocycles. The van der Waals surface area contributed by atoms with Crippen molar-refractivity contribution in [2.24, 2.45) is 0 Å². The molecule has 0 saturated carbocycles. The van der Waals surface area contributed by atoms with E-state index >= 15 is 0 Å². The van der Waals surface area contributed by atoms with Gasteiger partial charge in [-0.1, -0.05) is 48.5 Å². The molecule has 0 aliphatic rings. The van der Waals surface area contributed by atoms with E-state index in [2.05, 4.69) is 0 Å². The van der Waals surface area contributed by atoms with Gasteiger partial charge in [-0.25, -0.2) is 9.18 Å². The van der Waals surface area contributed by atoms with Gasteiger partial charge in [0.15, 0.2) is 0 Å². The first kappa shape index (κ1) is 18.6. The molecule has 0 aromatic heterocycles. The Labute approximate surface area is 158 Å². The van der Waals surface area contributed by atoms with E-state index in [4.69, 9.17) is 9.47 Å². The number of carbonyl (C=O) groups is 1. The quantitative estimate of drug-likeness (QED) is 0.407. The van der Waals surface area contributed by atoms with Crippen molar-refractivity contribution in [2.75, 3.05) is 6.61 Å². The van der Waals surface area contributed by atoms with E-state index in [-0.39, 0.29) is 18.4 Å². The molecule has 0 N–H and O–H groups in total. The molecule has 0 spiro atoms. The molecule has 3 aromatic rings. The zero-order valence-corrected chi connectivity index (χ0v) is 14.9. The third kappa shape index (κ3) is 5.68. The predicted octanol–water partition coefficient (Wildman–Crippen LogP) is 5.19. The summed E-state index contributed by atoms with van der Waals surface area (Å²) in [6.45, 7) is 0.670. The fraction of sp³-hybridized carbons (Fsp3) is 0.174. The molecular formula is C23H21FO3. The van der Waals surface area contributed by atoms with Crippen LogP contribution in [0.15, 0.2) is 78.9 Å². The maximum Gasteiger partial charge on any atom is 0.338 e. The fourth-order valence-corrected chi connectivity index (χ4v) is 2.66. The summed E-state index contributed by atoms with van der Waals surface area (Å²) in [7, 11) is 0. The summed E-state index contributed by atoms with van der Waals surface area (Å²) in [5.41, 5.74) is 2.12. The molecule has 3 aromatic carbocycles. The standard InChI is InChI=1S/C23H21FO3/c24-22-14-13-21(27-17-18-8-3-1-4-9-18)16-20(22)12-7-15-26-23(25)19-10-5-2-6-11-19/h1-6,8-11,13-14,16H,7,12,15,17H2. The Balaban J connectivity index is 1.48. The molecule has 3 rings (SSSR count). The van der Waals surface area contributed by atoms with Crippen molar-refractivity contribution in [3.63, 3.8) is 0 Å². The summed E-state index contributed by atoms with van der Waals surface area (Å²) in [4.78, 5) is 11.9. The zero-order valence-electron chi connectivity index (χ0n) is 14.9. The van der Waals surface area contributed by atoms with E-state index in [9.17, 15) is 9.18 Å². The lowest BCUT2D eigenvalue weighted by atomic mass is 10.1. The minimum absolute atomic E-state index is 0.238. The third-order valence-corrected chi connectivity index (χ3v) is 4.10. The van der Waals surface area contributed by atoms with Gasteiger partial charge in [0.2, 0.25) is 0 Å². The van der Waals surface area contributed by atoms with Crippen LogP contribution in [0.2, 0.25) is 0 Å². The van der Waals surface area contributed by atoms with Crippen LogP contribution in [0.25, 0.3) is 0 Å². The summed E-state index contributed by atoms with van der Waals surface area (Å²) in [6.07, 6.45) is 1.01. The van der Waals surface area contributed by atoms with E-state index in [0.717, 1.165) is 5.56 Å². The molecule has 0 amide bonds. The molecule has 0 aliphatic carbocycles. The van der Waals surface area contributed by atoms with Crippen LogP contribution >= 0.6 is 0 Å². The summed E-state index contributed by atoms with van der Waals surface area (Å²) >= 11 is 0. The number of hydrogen-bond acceptors (Lipinski definition) is 3. The van der Waals surface area contributed by atoms with Crippen LogP contribution in [-0.4, -0.2) is 12.6 Å². The fourth-order valence-electron chi connectivity index (χ4n) is 2.66. The Morgan fingerprint density at radius 2 is 1.59 bits per heavy atom. The van der Waals surface area contributed by atoms with Crippen molar-refractivity contribution < 1.29 is 18.7 Å². The summed E-state index contributed by atoms with van der Waals surface area (Å²) < 4.78 is 25.0. The van der Waals surface area contributed by atoms with E-state index in [0.29, 0.717) is 36.3 Å². The van der Waals surface area contributed by atoms with Gasteiger partial charge in [-0.15, -0.1) is 0 Å². The maximum atomic E-state index is 14.0. The Morgan fingerprint density at radius 1 is 0.889 bits per heavy atom. The summed E-state index contributed by atoms with van der Waals surface area (Å²) in [6, 6.07) is 23.4. The number of benzene rings is 3. The van der Waals surface area contributed by atoms with Crippen molar-refractivity contribution in [2.45, 2.75) is 19.4 Å². The molecule has 3 nitrogen and oxygen atoms in total. The Bertz CT molecular complexity index is 863. The van der Waals surface area contributed by atoms with E-state index < -0.39 is 0 Å². The Morgan fingerprint density at radius 3 is 2.33 bits per heavy atom. The summed E-state index contributed by atoms with van der Waals surface area (Å²) in [5, 5.41) is 0.